The molecular formula is C25H23N3O2S. The number of carbonyl (C=O) groups is 1. The number of likely N-dealkylation sites (N-methyl/N-ethyl adjacent to an activating group) is 1. The Bertz CT molecular complexity index is 1160. The Hall–Kier alpha value is -3.14. The van der Waals surface area contributed by atoms with E-state index in [2.05, 4.69) is 18.0 Å². The first-order valence-corrected chi connectivity index (χ1v) is 11.1. The standard InChI is InChI=1S/C25H23N3O2S/c1-17-8-6-7-11-22(17)30-23(29)16-31-25-19(14-26)24(18-9-4-3-5-10-18)20-15-28(2)13-12-21(20)27-25/h3-11H,12-13,15-16H2,1-2H3. The number of carbonyl (C=O) groups excluding carboxylic acids is 1. The summed E-state index contributed by atoms with van der Waals surface area (Å²) in [5, 5.41) is 10.6. The summed E-state index contributed by atoms with van der Waals surface area (Å²) >= 11 is 1.27. The van der Waals surface area contributed by atoms with E-state index in [0.717, 1.165) is 47.5 Å². The lowest BCUT2D eigenvalue weighted by atomic mass is 9.92. The largest absolute Gasteiger partial charge is 0.426 e. The van der Waals surface area contributed by atoms with Crippen LogP contribution in [0.3, 0.4) is 0 Å². The summed E-state index contributed by atoms with van der Waals surface area (Å²) < 4.78 is 5.50. The Labute approximate surface area is 186 Å². The van der Waals surface area contributed by atoms with Gasteiger partial charge in [0.1, 0.15) is 16.8 Å². The summed E-state index contributed by atoms with van der Waals surface area (Å²) in [5.74, 6) is 0.284. The van der Waals surface area contributed by atoms with E-state index in [-0.39, 0.29) is 11.7 Å². The molecule has 2 heterocycles. The Balaban J connectivity index is 1.66. The molecule has 0 atom stereocenters. The molecule has 0 amide bonds. The lowest BCUT2D eigenvalue weighted by Gasteiger charge is -2.28. The summed E-state index contributed by atoms with van der Waals surface area (Å²) in [7, 11) is 2.08. The fraction of sp³-hybridized carbons (Fsp3) is 0.240. The van der Waals surface area contributed by atoms with Crippen LogP contribution >= 0.6 is 11.8 Å². The zero-order valence-corrected chi connectivity index (χ0v) is 18.4. The number of hydrogen-bond acceptors (Lipinski definition) is 6. The van der Waals surface area contributed by atoms with Gasteiger partial charge in [-0.15, -0.1) is 0 Å². The van der Waals surface area contributed by atoms with Crippen LogP contribution in [0.5, 0.6) is 5.75 Å². The topological polar surface area (TPSA) is 66.2 Å². The van der Waals surface area contributed by atoms with Crippen LogP contribution in [0.1, 0.15) is 22.4 Å². The molecule has 0 spiro atoms. The number of pyridine rings is 1. The first-order valence-electron chi connectivity index (χ1n) is 10.2. The van der Waals surface area contributed by atoms with Crippen molar-refractivity contribution < 1.29 is 9.53 Å². The van der Waals surface area contributed by atoms with E-state index >= 15 is 0 Å². The fourth-order valence-corrected chi connectivity index (χ4v) is 4.53. The summed E-state index contributed by atoms with van der Waals surface area (Å²) in [6.45, 7) is 3.57. The van der Waals surface area contributed by atoms with Crippen LogP contribution in [0.2, 0.25) is 0 Å². The van der Waals surface area contributed by atoms with E-state index in [1.165, 1.54) is 11.8 Å². The van der Waals surface area contributed by atoms with Crippen LogP contribution in [0, 0.1) is 18.3 Å². The molecular weight excluding hydrogens is 406 g/mol. The number of nitriles is 1. The van der Waals surface area contributed by atoms with Gasteiger partial charge in [0.05, 0.1) is 11.3 Å². The molecule has 1 aliphatic rings. The third-order valence-electron chi connectivity index (χ3n) is 5.33. The third-order valence-corrected chi connectivity index (χ3v) is 6.28. The number of thioether (sulfide) groups is 1. The van der Waals surface area contributed by atoms with Crippen molar-refractivity contribution in [3.8, 4) is 22.9 Å². The minimum absolute atomic E-state index is 0.0862. The molecule has 0 fully saturated rings. The highest BCUT2D eigenvalue weighted by Crippen LogP contribution is 2.37. The Morgan fingerprint density at radius 3 is 2.68 bits per heavy atom. The first kappa shape index (κ1) is 21.1. The minimum atomic E-state index is -0.358. The van der Waals surface area contributed by atoms with Gasteiger partial charge in [-0.05, 0) is 36.7 Å². The molecule has 0 N–H and O–H groups in total. The summed E-state index contributed by atoms with van der Waals surface area (Å²) in [4.78, 5) is 19.5. The molecule has 0 unspecified atom stereocenters. The van der Waals surface area contributed by atoms with E-state index < -0.39 is 0 Å². The number of nitrogens with zero attached hydrogens (tertiary/aromatic N) is 3. The number of esters is 1. The van der Waals surface area contributed by atoms with Gasteiger partial charge in [-0.25, -0.2) is 4.98 Å². The van der Waals surface area contributed by atoms with Crippen LogP contribution in [0.4, 0.5) is 0 Å². The molecule has 0 bridgehead atoms. The van der Waals surface area contributed by atoms with Gasteiger partial charge in [0, 0.05) is 30.8 Å². The maximum atomic E-state index is 12.5. The number of aromatic nitrogens is 1. The van der Waals surface area contributed by atoms with Crippen molar-refractivity contribution in [2.75, 3.05) is 19.3 Å². The third kappa shape index (κ3) is 4.63. The molecule has 31 heavy (non-hydrogen) atoms. The van der Waals surface area contributed by atoms with Crippen LogP contribution in [0.25, 0.3) is 11.1 Å². The number of aryl methyl sites for hydroxylation is 1. The fourth-order valence-electron chi connectivity index (χ4n) is 3.75. The van der Waals surface area contributed by atoms with Crippen LogP contribution in [0.15, 0.2) is 59.6 Å². The first-order chi connectivity index (χ1) is 15.1. The predicted octanol–water partition coefficient (Wildman–Crippen LogP) is 4.61. The van der Waals surface area contributed by atoms with Gasteiger partial charge >= 0.3 is 5.97 Å². The van der Waals surface area contributed by atoms with Gasteiger partial charge < -0.3 is 9.64 Å². The van der Waals surface area contributed by atoms with Crippen molar-refractivity contribution >= 4 is 17.7 Å². The smallest absolute Gasteiger partial charge is 0.321 e. The second kappa shape index (κ2) is 9.34. The quantitative estimate of drug-likeness (QED) is 0.335. The molecule has 5 nitrogen and oxygen atoms in total. The number of benzene rings is 2. The summed E-state index contributed by atoms with van der Waals surface area (Å²) in [6, 6.07) is 19.7. The molecule has 0 radical (unpaired) electrons. The van der Waals surface area contributed by atoms with Crippen molar-refractivity contribution in [3.05, 3.63) is 77.0 Å². The van der Waals surface area contributed by atoms with Crippen molar-refractivity contribution in [2.45, 2.75) is 24.9 Å². The molecule has 3 aromatic rings. The summed E-state index contributed by atoms with van der Waals surface area (Å²) in [6.07, 6.45) is 0.818. The number of para-hydroxylation sites is 1. The lowest BCUT2D eigenvalue weighted by molar-refractivity contribution is -0.131. The van der Waals surface area contributed by atoms with Crippen LogP contribution in [-0.2, 0) is 17.8 Å². The van der Waals surface area contributed by atoms with Gasteiger partial charge in [0.25, 0.3) is 0 Å². The second-order valence-corrected chi connectivity index (χ2v) is 8.55. The molecule has 0 aliphatic carbocycles. The number of hydrogen-bond donors (Lipinski definition) is 0. The maximum absolute atomic E-state index is 12.5. The van der Waals surface area contributed by atoms with E-state index in [1.54, 1.807) is 6.07 Å². The van der Waals surface area contributed by atoms with Gasteiger partial charge in [-0.3, -0.25) is 4.79 Å². The molecule has 2 aromatic carbocycles. The normalized spacial score (nSPS) is 13.3. The SMILES string of the molecule is Cc1ccccc1OC(=O)CSc1nc2c(c(-c3ccccc3)c1C#N)CN(C)CC2. The average molecular weight is 430 g/mol. The van der Waals surface area contributed by atoms with E-state index in [1.807, 2.05) is 55.5 Å². The van der Waals surface area contributed by atoms with Crippen molar-refractivity contribution in [3.63, 3.8) is 0 Å². The molecule has 1 aromatic heterocycles. The monoisotopic (exact) mass is 429 g/mol. The highest BCUT2D eigenvalue weighted by atomic mass is 32.2. The second-order valence-electron chi connectivity index (χ2n) is 7.59. The van der Waals surface area contributed by atoms with Crippen molar-refractivity contribution in [1.82, 2.24) is 9.88 Å². The van der Waals surface area contributed by atoms with Gasteiger partial charge in [-0.2, -0.15) is 5.26 Å². The Morgan fingerprint density at radius 1 is 1.19 bits per heavy atom. The van der Waals surface area contributed by atoms with Crippen molar-refractivity contribution in [2.24, 2.45) is 0 Å². The Morgan fingerprint density at radius 2 is 1.94 bits per heavy atom. The zero-order valence-electron chi connectivity index (χ0n) is 17.6. The van der Waals surface area contributed by atoms with Gasteiger partial charge in [0.2, 0.25) is 0 Å². The number of ether oxygens (including phenoxy) is 1. The number of rotatable bonds is 5. The minimum Gasteiger partial charge on any atom is -0.426 e. The molecule has 156 valence electrons. The highest BCUT2D eigenvalue weighted by molar-refractivity contribution is 7.99. The summed E-state index contributed by atoms with van der Waals surface area (Å²) in [5.41, 5.74) is 5.45. The van der Waals surface area contributed by atoms with Crippen molar-refractivity contribution in [1.29, 1.82) is 5.26 Å². The lowest BCUT2D eigenvalue weighted by Crippen LogP contribution is -2.28. The predicted molar refractivity (Wildman–Crippen MR) is 122 cm³/mol. The maximum Gasteiger partial charge on any atom is 0.321 e. The number of fused-ring (bicyclic) bond motifs is 1. The molecule has 6 heteroatoms. The molecule has 1 aliphatic heterocycles. The van der Waals surface area contributed by atoms with Gasteiger partial charge in [0.15, 0.2) is 0 Å². The highest BCUT2D eigenvalue weighted by Gasteiger charge is 2.25. The van der Waals surface area contributed by atoms with Crippen LogP contribution in [-0.4, -0.2) is 35.2 Å². The molecule has 4 rings (SSSR count). The van der Waals surface area contributed by atoms with E-state index in [9.17, 15) is 10.1 Å². The average Bonchev–Trinajstić information content (AvgIpc) is 2.79. The van der Waals surface area contributed by atoms with Crippen LogP contribution < -0.4 is 4.74 Å². The molecule has 0 saturated heterocycles. The zero-order chi connectivity index (χ0) is 21.8. The van der Waals surface area contributed by atoms with Gasteiger partial charge in [-0.1, -0.05) is 60.3 Å². The Kier molecular flexibility index (Phi) is 6.36. The molecule has 0 saturated carbocycles. The van der Waals surface area contributed by atoms with E-state index in [4.69, 9.17) is 9.72 Å². The van der Waals surface area contributed by atoms with E-state index in [0.29, 0.717) is 16.3 Å².